The Morgan fingerprint density at radius 1 is 1.27 bits per heavy atom. The highest BCUT2D eigenvalue weighted by atomic mass is 32.1. The number of urea groups is 1. The molecule has 1 fully saturated rings. The summed E-state index contributed by atoms with van der Waals surface area (Å²) in [5, 5.41) is 11.6. The van der Waals surface area contributed by atoms with Crippen molar-refractivity contribution in [3.63, 3.8) is 0 Å². The van der Waals surface area contributed by atoms with Crippen LogP contribution in [0.15, 0.2) is 29.6 Å². The Bertz CT molecular complexity index is 1200. The third kappa shape index (κ3) is 5.00. The number of amides is 3. The van der Waals surface area contributed by atoms with Crippen LogP contribution in [0.4, 0.5) is 23.1 Å². The average Bonchev–Trinajstić information content (AvgIpc) is 3.45. The number of carbonyl (C=O) groups is 2. The van der Waals surface area contributed by atoms with Gasteiger partial charge in [-0.3, -0.25) is 9.69 Å². The molecule has 12 heteroatoms. The molecule has 1 aliphatic rings. The van der Waals surface area contributed by atoms with Gasteiger partial charge in [0.15, 0.2) is 5.13 Å². The SMILES string of the molecule is Cc1cc(C)n(-c2ccc(CNC(=O)Cc3csc(N4CCNC4=O)n3)c(C(F)(F)F)c2)n1. The maximum atomic E-state index is 13.7. The third-order valence-corrected chi connectivity index (χ3v) is 6.01. The number of hydrogen-bond acceptors (Lipinski definition) is 5. The molecule has 2 N–H and O–H groups in total. The number of rotatable bonds is 6. The van der Waals surface area contributed by atoms with Crippen molar-refractivity contribution in [3.8, 4) is 5.69 Å². The van der Waals surface area contributed by atoms with Crippen molar-refractivity contribution in [2.45, 2.75) is 33.0 Å². The number of anilines is 1. The van der Waals surface area contributed by atoms with Gasteiger partial charge < -0.3 is 10.6 Å². The largest absolute Gasteiger partial charge is 0.416 e. The number of benzene rings is 1. The van der Waals surface area contributed by atoms with E-state index < -0.39 is 17.6 Å². The fourth-order valence-corrected chi connectivity index (χ4v) is 4.43. The monoisotopic (exact) mass is 478 g/mol. The van der Waals surface area contributed by atoms with E-state index in [9.17, 15) is 22.8 Å². The third-order valence-electron chi connectivity index (χ3n) is 5.10. The zero-order valence-corrected chi connectivity index (χ0v) is 18.7. The van der Waals surface area contributed by atoms with Gasteiger partial charge in [0, 0.05) is 30.7 Å². The molecule has 3 heterocycles. The average molecular weight is 479 g/mol. The Morgan fingerprint density at radius 2 is 2.06 bits per heavy atom. The molecule has 1 aromatic carbocycles. The molecule has 174 valence electrons. The lowest BCUT2D eigenvalue weighted by Crippen LogP contribution is -2.28. The van der Waals surface area contributed by atoms with Gasteiger partial charge >= 0.3 is 12.2 Å². The molecule has 2 aromatic heterocycles. The second-order valence-electron chi connectivity index (χ2n) is 7.64. The lowest BCUT2D eigenvalue weighted by atomic mass is 10.1. The van der Waals surface area contributed by atoms with Gasteiger partial charge in [0.25, 0.3) is 0 Å². The van der Waals surface area contributed by atoms with Gasteiger partial charge in [-0.2, -0.15) is 18.3 Å². The molecule has 0 unspecified atom stereocenters. The summed E-state index contributed by atoms with van der Waals surface area (Å²) < 4.78 is 42.6. The van der Waals surface area contributed by atoms with Crippen LogP contribution in [0.25, 0.3) is 5.69 Å². The van der Waals surface area contributed by atoms with Gasteiger partial charge in [0.2, 0.25) is 5.91 Å². The predicted octanol–water partition coefficient (Wildman–Crippen LogP) is 3.35. The van der Waals surface area contributed by atoms with E-state index in [1.165, 1.54) is 27.0 Å². The molecule has 3 amide bonds. The molecule has 0 radical (unpaired) electrons. The van der Waals surface area contributed by atoms with E-state index in [0.717, 1.165) is 11.8 Å². The second kappa shape index (κ2) is 8.85. The Morgan fingerprint density at radius 3 is 2.70 bits per heavy atom. The van der Waals surface area contributed by atoms with E-state index in [4.69, 9.17) is 0 Å². The number of carbonyl (C=O) groups excluding carboxylic acids is 2. The maximum Gasteiger partial charge on any atom is 0.416 e. The van der Waals surface area contributed by atoms with E-state index in [1.807, 2.05) is 0 Å². The second-order valence-corrected chi connectivity index (χ2v) is 8.47. The van der Waals surface area contributed by atoms with E-state index in [2.05, 4.69) is 20.7 Å². The van der Waals surface area contributed by atoms with Crippen molar-refractivity contribution < 1.29 is 22.8 Å². The van der Waals surface area contributed by atoms with Crippen molar-refractivity contribution in [2.75, 3.05) is 18.0 Å². The van der Waals surface area contributed by atoms with E-state index in [1.54, 1.807) is 31.4 Å². The first-order chi connectivity index (χ1) is 15.6. The topological polar surface area (TPSA) is 92.2 Å². The highest BCUT2D eigenvalue weighted by Gasteiger charge is 2.34. The van der Waals surface area contributed by atoms with Crippen LogP contribution in [0.1, 0.15) is 28.2 Å². The molecule has 0 spiro atoms. The van der Waals surface area contributed by atoms with Gasteiger partial charge in [-0.25, -0.2) is 14.5 Å². The van der Waals surface area contributed by atoms with Crippen molar-refractivity contribution in [3.05, 3.63) is 57.9 Å². The van der Waals surface area contributed by atoms with Gasteiger partial charge in [0.1, 0.15) is 0 Å². The van der Waals surface area contributed by atoms with Crippen LogP contribution >= 0.6 is 11.3 Å². The van der Waals surface area contributed by atoms with Crippen molar-refractivity contribution in [1.29, 1.82) is 0 Å². The fraction of sp³-hybridized carbons (Fsp3) is 0.333. The highest BCUT2D eigenvalue weighted by Crippen LogP contribution is 2.33. The van der Waals surface area contributed by atoms with Crippen LogP contribution in [0.2, 0.25) is 0 Å². The van der Waals surface area contributed by atoms with Gasteiger partial charge in [-0.1, -0.05) is 6.07 Å². The van der Waals surface area contributed by atoms with Crippen LogP contribution in [-0.2, 0) is 23.9 Å². The first-order valence-electron chi connectivity index (χ1n) is 10.1. The van der Waals surface area contributed by atoms with E-state index in [0.29, 0.717) is 35.3 Å². The molecule has 33 heavy (non-hydrogen) atoms. The van der Waals surface area contributed by atoms with Crippen LogP contribution in [-0.4, -0.2) is 39.8 Å². The van der Waals surface area contributed by atoms with Crippen LogP contribution in [0.5, 0.6) is 0 Å². The summed E-state index contributed by atoms with van der Waals surface area (Å²) in [6.45, 7) is 4.27. The van der Waals surface area contributed by atoms with Crippen molar-refractivity contribution in [2.24, 2.45) is 0 Å². The summed E-state index contributed by atoms with van der Waals surface area (Å²) in [5.74, 6) is -0.464. The number of nitrogens with one attached hydrogen (secondary N) is 2. The zero-order valence-electron chi connectivity index (χ0n) is 17.9. The Hall–Kier alpha value is -3.41. The fourth-order valence-electron chi connectivity index (χ4n) is 3.58. The van der Waals surface area contributed by atoms with E-state index >= 15 is 0 Å². The summed E-state index contributed by atoms with van der Waals surface area (Å²) in [5.41, 5.74) is 1.29. The van der Waals surface area contributed by atoms with Gasteiger partial charge in [-0.05, 0) is 37.6 Å². The Balaban J connectivity index is 1.45. The number of aromatic nitrogens is 3. The Labute approximate surface area is 191 Å². The van der Waals surface area contributed by atoms with Crippen LogP contribution < -0.4 is 15.5 Å². The summed E-state index contributed by atoms with van der Waals surface area (Å²) in [6.07, 6.45) is -4.69. The number of thiazole rings is 1. The number of hydrogen-bond donors (Lipinski definition) is 2. The highest BCUT2D eigenvalue weighted by molar-refractivity contribution is 7.14. The van der Waals surface area contributed by atoms with Crippen molar-refractivity contribution in [1.82, 2.24) is 25.4 Å². The molecule has 1 saturated heterocycles. The predicted molar refractivity (Wildman–Crippen MR) is 116 cm³/mol. The van der Waals surface area contributed by atoms with E-state index in [-0.39, 0.29) is 24.6 Å². The standard InChI is InChI=1S/C21H21F3N6O2S/c1-12-7-13(2)30(28-12)16-4-3-14(17(9-16)21(22,23)24)10-26-18(31)8-15-11-33-20(27-15)29-6-5-25-19(29)32/h3-4,7,9,11H,5-6,8,10H2,1-2H3,(H,25,32)(H,26,31). The molecular formula is C21H21F3N6O2S. The van der Waals surface area contributed by atoms with Crippen molar-refractivity contribution >= 4 is 28.4 Å². The van der Waals surface area contributed by atoms with Gasteiger partial charge in [-0.15, -0.1) is 11.3 Å². The maximum absolute atomic E-state index is 13.7. The number of nitrogens with zero attached hydrogens (tertiary/aromatic N) is 4. The Kier molecular flexibility index (Phi) is 6.11. The summed E-state index contributed by atoms with van der Waals surface area (Å²) >= 11 is 1.23. The minimum atomic E-state index is -4.59. The lowest BCUT2D eigenvalue weighted by molar-refractivity contribution is -0.138. The number of alkyl halides is 3. The molecule has 0 aliphatic carbocycles. The minimum Gasteiger partial charge on any atom is -0.352 e. The number of aryl methyl sites for hydroxylation is 2. The molecule has 1 aliphatic heterocycles. The molecule has 8 nitrogen and oxygen atoms in total. The quantitative estimate of drug-likeness (QED) is 0.569. The molecule has 0 bridgehead atoms. The first kappa shape index (κ1) is 22.8. The molecular weight excluding hydrogens is 457 g/mol. The summed E-state index contributed by atoms with van der Waals surface area (Å²) in [7, 11) is 0. The minimum absolute atomic E-state index is 0.0474. The van der Waals surface area contributed by atoms with Crippen LogP contribution in [0.3, 0.4) is 0 Å². The molecule has 0 saturated carbocycles. The molecule has 3 aromatic rings. The lowest BCUT2D eigenvalue weighted by Gasteiger charge is -2.16. The molecule has 4 rings (SSSR count). The number of halogens is 3. The smallest absolute Gasteiger partial charge is 0.352 e. The van der Waals surface area contributed by atoms with Crippen LogP contribution in [0, 0.1) is 13.8 Å². The van der Waals surface area contributed by atoms with Gasteiger partial charge in [0.05, 0.1) is 29.1 Å². The summed E-state index contributed by atoms with van der Waals surface area (Å²) in [6, 6.07) is 5.46. The molecule has 0 atom stereocenters. The normalized spacial score (nSPS) is 14.0. The summed E-state index contributed by atoms with van der Waals surface area (Å²) in [4.78, 5) is 29.8. The first-order valence-corrected chi connectivity index (χ1v) is 11.0. The zero-order chi connectivity index (χ0) is 23.8.